The normalized spacial score (nSPS) is 19.4. The summed E-state index contributed by atoms with van der Waals surface area (Å²) in [5.41, 5.74) is 0.762. The number of benzene rings is 2. The zero-order valence-electron chi connectivity index (χ0n) is 16.9. The van der Waals surface area contributed by atoms with Gasteiger partial charge in [0.25, 0.3) is 21.6 Å². The topological polar surface area (TPSA) is 119 Å². The first-order chi connectivity index (χ1) is 14.1. The smallest absolute Gasteiger partial charge is 0.270 e. The molecule has 1 N–H and O–H groups in total. The fourth-order valence-electron chi connectivity index (χ4n) is 3.41. The van der Waals surface area contributed by atoms with Gasteiger partial charge in [-0.05, 0) is 50.6 Å². The maximum absolute atomic E-state index is 12.7. The van der Waals surface area contributed by atoms with Crippen LogP contribution in [0.15, 0.2) is 47.4 Å². The highest BCUT2D eigenvalue weighted by Crippen LogP contribution is 2.24. The Labute approximate surface area is 174 Å². The molecular formula is C20H23N3O6S. The van der Waals surface area contributed by atoms with Crippen molar-refractivity contribution in [1.82, 2.24) is 4.90 Å². The van der Waals surface area contributed by atoms with Crippen LogP contribution in [-0.2, 0) is 14.8 Å². The van der Waals surface area contributed by atoms with Crippen LogP contribution in [0.3, 0.4) is 0 Å². The van der Waals surface area contributed by atoms with E-state index in [1.807, 2.05) is 13.8 Å². The number of non-ortho nitro benzene ring substituents is 1. The van der Waals surface area contributed by atoms with E-state index in [1.165, 1.54) is 24.3 Å². The number of carbonyl (C=O) groups is 1. The number of nitro groups is 1. The number of nitrogens with zero attached hydrogens (tertiary/aromatic N) is 2. The molecule has 10 heteroatoms. The van der Waals surface area contributed by atoms with Crippen molar-refractivity contribution in [2.45, 2.75) is 37.9 Å². The van der Waals surface area contributed by atoms with Gasteiger partial charge >= 0.3 is 0 Å². The van der Waals surface area contributed by atoms with Crippen LogP contribution in [0, 0.1) is 17.0 Å². The lowest BCUT2D eigenvalue weighted by Gasteiger charge is -2.35. The molecule has 1 fully saturated rings. The second-order valence-electron chi connectivity index (χ2n) is 7.36. The van der Waals surface area contributed by atoms with E-state index in [1.54, 1.807) is 24.0 Å². The van der Waals surface area contributed by atoms with Gasteiger partial charge in [-0.2, -0.15) is 0 Å². The Morgan fingerprint density at radius 2 is 1.73 bits per heavy atom. The minimum absolute atomic E-state index is 0.0537. The minimum atomic E-state index is -4.03. The summed E-state index contributed by atoms with van der Waals surface area (Å²) in [6.45, 7) is 6.35. The Balaban J connectivity index is 1.78. The van der Waals surface area contributed by atoms with Crippen molar-refractivity contribution in [2.24, 2.45) is 0 Å². The molecule has 0 aromatic heterocycles. The number of anilines is 1. The van der Waals surface area contributed by atoms with Crippen LogP contribution in [0.5, 0.6) is 0 Å². The Morgan fingerprint density at radius 3 is 2.30 bits per heavy atom. The van der Waals surface area contributed by atoms with Gasteiger partial charge in [0.1, 0.15) is 0 Å². The highest BCUT2D eigenvalue weighted by molar-refractivity contribution is 7.92. The van der Waals surface area contributed by atoms with E-state index in [0.29, 0.717) is 24.2 Å². The number of aryl methyl sites for hydroxylation is 1. The number of hydrogen-bond acceptors (Lipinski definition) is 6. The molecule has 30 heavy (non-hydrogen) atoms. The number of amides is 1. The molecule has 2 atom stereocenters. The van der Waals surface area contributed by atoms with Crippen molar-refractivity contribution >= 4 is 27.3 Å². The summed E-state index contributed by atoms with van der Waals surface area (Å²) < 4.78 is 33.5. The molecule has 0 saturated carbocycles. The third kappa shape index (κ3) is 4.77. The molecule has 1 aliphatic heterocycles. The lowest BCUT2D eigenvalue weighted by atomic mass is 10.1. The number of carbonyl (C=O) groups excluding carboxylic acids is 1. The molecule has 9 nitrogen and oxygen atoms in total. The Kier molecular flexibility index (Phi) is 6.09. The lowest BCUT2D eigenvalue weighted by molar-refractivity contribution is -0.385. The first kappa shape index (κ1) is 21.7. The highest BCUT2D eigenvalue weighted by Gasteiger charge is 2.27. The molecule has 0 unspecified atom stereocenters. The van der Waals surface area contributed by atoms with Gasteiger partial charge in [-0.3, -0.25) is 19.6 Å². The predicted molar refractivity (Wildman–Crippen MR) is 111 cm³/mol. The standard InChI is InChI=1S/C20H23N3O6S/c1-13-4-9-18(23(25)26)10-19(13)30(27,28)21-17-7-5-16(6-8-17)20(24)22-11-14(2)29-15(3)12-22/h4-10,14-15,21H,11-12H2,1-3H3/t14-,15-/m0/s1. The zero-order valence-corrected chi connectivity index (χ0v) is 17.7. The maximum atomic E-state index is 12.7. The minimum Gasteiger partial charge on any atom is -0.372 e. The summed E-state index contributed by atoms with van der Waals surface area (Å²) in [6, 6.07) is 9.74. The molecule has 0 aliphatic carbocycles. The van der Waals surface area contributed by atoms with Crippen molar-refractivity contribution < 1.29 is 22.9 Å². The Bertz CT molecular complexity index is 1060. The van der Waals surface area contributed by atoms with E-state index >= 15 is 0 Å². The molecule has 160 valence electrons. The van der Waals surface area contributed by atoms with Gasteiger partial charge in [-0.25, -0.2) is 8.42 Å². The molecule has 0 spiro atoms. The molecule has 2 aromatic carbocycles. The van der Waals surface area contributed by atoms with Gasteiger partial charge in [-0.15, -0.1) is 0 Å². The fraction of sp³-hybridized carbons (Fsp3) is 0.350. The molecule has 1 heterocycles. The number of nitrogens with one attached hydrogen (secondary N) is 1. The van der Waals surface area contributed by atoms with Gasteiger partial charge in [0.15, 0.2) is 0 Å². The van der Waals surface area contributed by atoms with Crippen LogP contribution in [-0.4, -0.2) is 49.4 Å². The summed E-state index contributed by atoms with van der Waals surface area (Å²) >= 11 is 0. The molecule has 0 bridgehead atoms. The predicted octanol–water partition coefficient (Wildman–Crippen LogP) is 2.95. The molecule has 0 radical (unpaired) electrons. The average molecular weight is 433 g/mol. The number of nitro benzene ring substituents is 1. The van der Waals surface area contributed by atoms with Gasteiger partial charge in [0.05, 0.1) is 22.0 Å². The van der Waals surface area contributed by atoms with Crippen LogP contribution in [0.1, 0.15) is 29.8 Å². The first-order valence-electron chi connectivity index (χ1n) is 9.39. The van der Waals surface area contributed by atoms with E-state index in [4.69, 9.17) is 4.74 Å². The summed E-state index contributed by atoms with van der Waals surface area (Å²) in [6.07, 6.45) is -0.107. The third-order valence-corrected chi connectivity index (χ3v) is 6.29. The number of hydrogen-bond donors (Lipinski definition) is 1. The van der Waals surface area contributed by atoms with Gasteiger partial charge in [0.2, 0.25) is 0 Å². The van der Waals surface area contributed by atoms with E-state index in [9.17, 15) is 23.3 Å². The molecule has 1 amide bonds. The molecule has 2 aromatic rings. The average Bonchev–Trinajstić information content (AvgIpc) is 2.67. The van der Waals surface area contributed by atoms with E-state index < -0.39 is 14.9 Å². The SMILES string of the molecule is Cc1ccc([N+](=O)[O-])cc1S(=O)(=O)Nc1ccc(C(=O)N2C[C@H](C)O[C@@H](C)C2)cc1. The Morgan fingerprint density at radius 1 is 1.13 bits per heavy atom. The molecule has 1 aliphatic rings. The van der Waals surface area contributed by atoms with Crippen molar-refractivity contribution in [2.75, 3.05) is 17.8 Å². The zero-order chi connectivity index (χ0) is 22.1. The molecule has 1 saturated heterocycles. The highest BCUT2D eigenvalue weighted by atomic mass is 32.2. The second-order valence-corrected chi connectivity index (χ2v) is 9.01. The largest absolute Gasteiger partial charge is 0.372 e. The van der Waals surface area contributed by atoms with Crippen molar-refractivity contribution in [3.63, 3.8) is 0 Å². The van der Waals surface area contributed by atoms with Crippen LogP contribution < -0.4 is 4.72 Å². The summed E-state index contributed by atoms with van der Waals surface area (Å²) in [4.78, 5) is 24.6. The first-order valence-corrected chi connectivity index (χ1v) is 10.9. The summed E-state index contributed by atoms with van der Waals surface area (Å²) in [7, 11) is -4.03. The molecular weight excluding hydrogens is 410 g/mol. The third-order valence-electron chi connectivity index (χ3n) is 4.76. The lowest BCUT2D eigenvalue weighted by Crippen LogP contribution is -2.48. The van der Waals surface area contributed by atoms with Crippen molar-refractivity contribution in [3.05, 3.63) is 63.7 Å². The van der Waals surface area contributed by atoms with E-state index in [2.05, 4.69) is 4.72 Å². The van der Waals surface area contributed by atoms with Crippen LogP contribution in [0.2, 0.25) is 0 Å². The summed E-state index contributed by atoms with van der Waals surface area (Å²) in [5.74, 6) is -0.152. The van der Waals surface area contributed by atoms with Crippen molar-refractivity contribution in [3.8, 4) is 0 Å². The monoisotopic (exact) mass is 433 g/mol. The number of sulfonamides is 1. The van der Waals surface area contributed by atoms with Gasteiger partial charge < -0.3 is 9.64 Å². The number of ether oxygens (including phenoxy) is 1. The fourth-order valence-corrected chi connectivity index (χ4v) is 4.73. The second kappa shape index (κ2) is 8.41. The Hall–Kier alpha value is -2.98. The quantitative estimate of drug-likeness (QED) is 0.572. The van der Waals surface area contributed by atoms with Crippen molar-refractivity contribution in [1.29, 1.82) is 0 Å². The number of morpholine rings is 1. The molecule has 3 rings (SSSR count). The summed E-state index contributed by atoms with van der Waals surface area (Å²) in [5, 5.41) is 11.0. The van der Waals surface area contributed by atoms with Crippen LogP contribution in [0.4, 0.5) is 11.4 Å². The van der Waals surface area contributed by atoms with Crippen LogP contribution in [0.25, 0.3) is 0 Å². The van der Waals surface area contributed by atoms with E-state index in [0.717, 1.165) is 6.07 Å². The number of rotatable bonds is 5. The van der Waals surface area contributed by atoms with Gasteiger partial charge in [-0.1, -0.05) is 6.07 Å². The van der Waals surface area contributed by atoms with Gasteiger partial charge in [0, 0.05) is 36.5 Å². The van der Waals surface area contributed by atoms with E-state index in [-0.39, 0.29) is 34.4 Å². The van der Waals surface area contributed by atoms with Crippen LogP contribution >= 0.6 is 0 Å². The maximum Gasteiger partial charge on any atom is 0.270 e.